The molecule has 0 bridgehead atoms. The molecule has 1 aromatic rings. The Balaban J connectivity index is 1.97. The van der Waals surface area contributed by atoms with Gasteiger partial charge in [0.05, 0.1) is 6.10 Å². The summed E-state index contributed by atoms with van der Waals surface area (Å²) in [5.74, 6) is 1.07. The summed E-state index contributed by atoms with van der Waals surface area (Å²) < 4.78 is 6.26. The van der Waals surface area contributed by atoms with Crippen LogP contribution >= 0.6 is 0 Å². The Kier molecular flexibility index (Phi) is 5.71. The van der Waals surface area contributed by atoms with E-state index in [0.29, 0.717) is 12.1 Å². The monoisotopic (exact) mass is 261 g/mol. The van der Waals surface area contributed by atoms with Gasteiger partial charge in [-0.1, -0.05) is 44.9 Å². The minimum Gasteiger partial charge on any atom is -0.490 e. The van der Waals surface area contributed by atoms with Gasteiger partial charge in [-0.3, -0.25) is 0 Å². The molecule has 0 aliphatic heterocycles. The van der Waals surface area contributed by atoms with E-state index in [-0.39, 0.29) is 0 Å². The third-order valence-electron chi connectivity index (χ3n) is 3.77. The van der Waals surface area contributed by atoms with Gasteiger partial charge >= 0.3 is 0 Å². The summed E-state index contributed by atoms with van der Waals surface area (Å²) in [6.45, 7) is 5.24. The molecule has 0 amide bonds. The van der Waals surface area contributed by atoms with Crippen LogP contribution in [-0.2, 0) is 6.54 Å². The molecule has 1 fully saturated rings. The van der Waals surface area contributed by atoms with Gasteiger partial charge in [-0.2, -0.15) is 0 Å². The van der Waals surface area contributed by atoms with Gasteiger partial charge in [0, 0.05) is 18.2 Å². The lowest BCUT2D eigenvalue weighted by Crippen LogP contribution is -2.23. The lowest BCUT2D eigenvalue weighted by atomic mass is 10.1. The second-order valence-electron chi connectivity index (χ2n) is 5.87. The molecule has 0 radical (unpaired) electrons. The lowest BCUT2D eigenvalue weighted by Gasteiger charge is -2.20. The second-order valence-corrected chi connectivity index (χ2v) is 5.87. The normalized spacial score (nSPS) is 17.4. The lowest BCUT2D eigenvalue weighted by molar-refractivity contribution is 0.181. The van der Waals surface area contributed by atoms with Crippen molar-refractivity contribution in [1.82, 2.24) is 5.32 Å². The third kappa shape index (κ3) is 4.87. The van der Waals surface area contributed by atoms with E-state index in [1.807, 2.05) is 0 Å². The van der Waals surface area contributed by atoms with Gasteiger partial charge in [0.2, 0.25) is 0 Å². The van der Waals surface area contributed by atoms with Gasteiger partial charge in [0.25, 0.3) is 0 Å². The van der Waals surface area contributed by atoms with E-state index < -0.39 is 0 Å². The molecule has 1 saturated carbocycles. The maximum absolute atomic E-state index is 6.26. The number of hydrogen-bond acceptors (Lipinski definition) is 2. The van der Waals surface area contributed by atoms with Crippen LogP contribution in [0.3, 0.4) is 0 Å². The predicted molar refractivity (Wildman–Crippen MR) is 80.5 cm³/mol. The maximum Gasteiger partial charge on any atom is 0.124 e. The summed E-state index contributed by atoms with van der Waals surface area (Å²) in [4.78, 5) is 0. The Hall–Kier alpha value is -1.02. The van der Waals surface area contributed by atoms with Crippen LogP contribution in [0.4, 0.5) is 0 Å². The quantitative estimate of drug-likeness (QED) is 0.798. The first-order valence-corrected chi connectivity index (χ1v) is 7.73. The molecule has 0 unspecified atom stereocenters. The Morgan fingerprint density at radius 2 is 1.79 bits per heavy atom. The van der Waals surface area contributed by atoms with Gasteiger partial charge in [-0.25, -0.2) is 0 Å². The number of para-hydroxylation sites is 1. The highest BCUT2D eigenvalue weighted by Crippen LogP contribution is 2.25. The fourth-order valence-electron chi connectivity index (χ4n) is 2.62. The maximum atomic E-state index is 6.26. The Morgan fingerprint density at radius 1 is 1.11 bits per heavy atom. The molecule has 106 valence electrons. The third-order valence-corrected chi connectivity index (χ3v) is 3.77. The molecule has 2 heteroatoms. The van der Waals surface area contributed by atoms with E-state index in [1.165, 1.54) is 44.1 Å². The van der Waals surface area contributed by atoms with Crippen molar-refractivity contribution in [3.63, 3.8) is 0 Å². The number of benzene rings is 1. The highest BCUT2D eigenvalue weighted by molar-refractivity contribution is 5.33. The first-order chi connectivity index (χ1) is 9.25. The minimum absolute atomic E-state index is 0.419. The van der Waals surface area contributed by atoms with Gasteiger partial charge < -0.3 is 10.1 Å². The molecule has 2 nitrogen and oxygen atoms in total. The first-order valence-electron chi connectivity index (χ1n) is 7.73. The molecule has 1 aliphatic rings. The molecular weight excluding hydrogens is 234 g/mol. The largest absolute Gasteiger partial charge is 0.490 e. The molecule has 0 saturated heterocycles. The average molecular weight is 261 g/mol. The number of ether oxygens (including phenoxy) is 1. The zero-order chi connectivity index (χ0) is 13.5. The summed E-state index contributed by atoms with van der Waals surface area (Å²) in [7, 11) is 0. The van der Waals surface area contributed by atoms with E-state index in [2.05, 4.69) is 43.4 Å². The zero-order valence-corrected chi connectivity index (χ0v) is 12.3. The molecule has 1 aromatic carbocycles. The van der Waals surface area contributed by atoms with Crippen LogP contribution in [0.15, 0.2) is 24.3 Å². The van der Waals surface area contributed by atoms with E-state index in [0.717, 1.165) is 12.3 Å². The summed E-state index contributed by atoms with van der Waals surface area (Å²) in [5.41, 5.74) is 1.28. The Labute approximate surface area is 117 Å². The van der Waals surface area contributed by atoms with Crippen LogP contribution in [0.5, 0.6) is 5.75 Å². The predicted octanol–water partition coefficient (Wildman–Crippen LogP) is 4.29. The standard InChI is InChI=1S/C17H27NO/c1-14(2)18-13-15-9-7-8-12-17(15)19-16-10-5-3-4-6-11-16/h7-9,12,14,16,18H,3-6,10-11,13H2,1-2H3. The van der Waals surface area contributed by atoms with Crippen molar-refractivity contribution in [3.8, 4) is 5.75 Å². The molecule has 0 spiro atoms. The highest BCUT2D eigenvalue weighted by Gasteiger charge is 2.15. The second kappa shape index (κ2) is 7.54. The van der Waals surface area contributed by atoms with Gasteiger partial charge in [0.15, 0.2) is 0 Å². The molecular formula is C17H27NO. The van der Waals surface area contributed by atoms with Gasteiger partial charge in [0.1, 0.15) is 5.75 Å². The van der Waals surface area contributed by atoms with E-state index in [4.69, 9.17) is 4.74 Å². The zero-order valence-electron chi connectivity index (χ0n) is 12.3. The molecule has 0 heterocycles. The topological polar surface area (TPSA) is 21.3 Å². The van der Waals surface area contributed by atoms with Gasteiger partial charge in [-0.15, -0.1) is 0 Å². The van der Waals surface area contributed by atoms with Crippen LogP contribution in [0.25, 0.3) is 0 Å². The van der Waals surface area contributed by atoms with Crippen molar-refractivity contribution >= 4 is 0 Å². The summed E-state index contributed by atoms with van der Waals surface area (Å²) in [6.07, 6.45) is 8.22. The van der Waals surface area contributed by atoms with E-state index >= 15 is 0 Å². The highest BCUT2D eigenvalue weighted by atomic mass is 16.5. The van der Waals surface area contributed by atoms with E-state index in [1.54, 1.807) is 0 Å². The Bertz CT molecular complexity index is 367. The fourth-order valence-corrected chi connectivity index (χ4v) is 2.62. The van der Waals surface area contributed by atoms with Crippen molar-refractivity contribution in [1.29, 1.82) is 0 Å². The van der Waals surface area contributed by atoms with Crippen LogP contribution in [0.2, 0.25) is 0 Å². The van der Waals surface area contributed by atoms with E-state index in [9.17, 15) is 0 Å². The summed E-state index contributed by atoms with van der Waals surface area (Å²) in [5, 5.41) is 3.47. The number of nitrogens with one attached hydrogen (secondary N) is 1. The molecule has 2 rings (SSSR count). The van der Waals surface area contributed by atoms with Crippen LogP contribution in [0, 0.1) is 0 Å². The SMILES string of the molecule is CC(C)NCc1ccccc1OC1CCCCCC1. The van der Waals surface area contributed by atoms with Crippen LogP contribution < -0.4 is 10.1 Å². The smallest absolute Gasteiger partial charge is 0.124 e. The molecule has 19 heavy (non-hydrogen) atoms. The molecule has 1 N–H and O–H groups in total. The van der Waals surface area contributed by atoms with Crippen molar-refractivity contribution in [3.05, 3.63) is 29.8 Å². The number of hydrogen-bond donors (Lipinski definition) is 1. The molecule has 1 aliphatic carbocycles. The number of rotatable bonds is 5. The fraction of sp³-hybridized carbons (Fsp3) is 0.647. The molecule has 0 aromatic heterocycles. The van der Waals surface area contributed by atoms with Crippen LogP contribution in [-0.4, -0.2) is 12.1 Å². The summed E-state index contributed by atoms with van der Waals surface area (Å²) in [6, 6.07) is 8.96. The van der Waals surface area contributed by atoms with Crippen molar-refractivity contribution in [2.45, 2.75) is 71.1 Å². The van der Waals surface area contributed by atoms with Crippen molar-refractivity contribution in [2.75, 3.05) is 0 Å². The molecule has 0 atom stereocenters. The first kappa shape index (κ1) is 14.4. The van der Waals surface area contributed by atoms with Crippen molar-refractivity contribution < 1.29 is 4.74 Å². The van der Waals surface area contributed by atoms with Crippen LogP contribution in [0.1, 0.15) is 57.9 Å². The summed E-state index contributed by atoms with van der Waals surface area (Å²) >= 11 is 0. The van der Waals surface area contributed by atoms with Crippen molar-refractivity contribution in [2.24, 2.45) is 0 Å². The minimum atomic E-state index is 0.419. The average Bonchev–Trinajstić information content (AvgIpc) is 2.66. The Morgan fingerprint density at radius 3 is 2.47 bits per heavy atom. The van der Waals surface area contributed by atoms with Gasteiger partial charge in [-0.05, 0) is 31.7 Å².